The number of ether oxygens (including phenoxy) is 1. The van der Waals surface area contributed by atoms with Crippen molar-refractivity contribution in [3.63, 3.8) is 0 Å². The van der Waals surface area contributed by atoms with Gasteiger partial charge < -0.3 is 15.2 Å². The van der Waals surface area contributed by atoms with Crippen molar-refractivity contribution < 1.29 is 14.6 Å². The molecule has 0 heterocycles. The van der Waals surface area contributed by atoms with Gasteiger partial charge in [0.1, 0.15) is 11.6 Å². The third-order valence-corrected chi connectivity index (χ3v) is 4.47. The molecule has 0 radical (unpaired) electrons. The number of nitriles is 1. The highest BCUT2D eigenvalue weighted by molar-refractivity contribution is 9.10. The SMILES string of the molecule is COc1cc(/C=C(/C#N)C(=O)Nc2c(C)cc(C)cc2C)cc(Br)c1O. The number of methoxy groups -OCH3 is 1. The van der Waals surface area contributed by atoms with Crippen LogP contribution in [-0.4, -0.2) is 18.1 Å². The van der Waals surface area contributed by atoms with Crippen molar-refractivity contribution in [2.75, 3.05) is 12.4 Å². The molecule has 2 N–H and O–H groups in total. The first-order valence-electron chi connectivity index (χ1n) is 7.84. The summed E-state index contributed by atoms with van der Waals surface area (Å²) in [6, 6.07) is 9.02. The number of aromatic hydroxyl groups is 1. The van der Waals surface area contributed by atoms with Crippen LogP contribution in [0.25, 0.3) is 6.08 Å². The van der Waals surface area contributed by atoms with Crippen molar-refractivity contribution in [1.82, 2.24) is 0 Å². The highest BCUT2D eigenvalue weighted by atomic mass is 79.9. The average Bonchev–Trinajstić information content (AvgIpc) is 2.58. The van der Waals surface area contributed by atoms with E-state index >= 15 is 0 Å². The van der Waals surface area contributed by atoms with Crippen molar-refractivity contribution in [2.24, 2.45) is 0 Å². The molecule has 26 heavy (non-hydrogen) atoms. The molecule has 1 amide bonds. The van der Waals surface area contributed by atoms with Crippen LogP contribution in [0, 0.1) is 32.1 Å². The van der Waals surface area contributed by atoms with Crippen molar-refractivity contribution in [1.29, 1.82) is 5.26 Å². The first-order valence-corrected chi connectivity index (χ1v) is 8.63. The first kappa shape index (κ1) is 19.5. The Morgan fingerprint density at radius 1 is 1.23 bits per heavy atom. The predicted molar refractivity (Wildman–Crippen MR) is 105 cm³/mol. The average molecular weight is 415 g/mol. The molecule has 0 saturated carbocycles. The second-order valence-corrected chi connectivity index (χ2v) is 6.81. The maximum absolute atomic E-state index is 12.5. The number of amides is 1. The van der Waals surface area contributed by atoms with Crippen molar-refractivity contribution in [3.05, 3.63) is 56.6 Å². The third-order valence-electron chi connectivity index (χ3n) is 3.86. The summed E-state index contributed by atoms with van der Waals surface area (Å²) in [6.45, 7) is 5.81. The number of rotatable bonds is 4. The van der Waals surface area contributed by atoms with Gasteiger partial charge in [-0.15, -0.1) is 0 Å². The van der Waals surface area contributed by atoms with Crippen LogP contribution in [0.5, 0.6) is 11.5 Å². The zero-order chi connectivity index (χ0) is 19.4. The van der Waals surface area contributed by atoms with E-state index in [2.05, 4.69) is 21.2 Å². The van der Waals surface area contributed by atoms with Crippen LogP contribution in [0.2, 0.25) is 0 Å². The first-order chi connectivity index (χ1) is 12.3. The number of halogens is 1. The van der Waals surface area contributed by atoms with Crippen molar-refractivity contribution in [2.45, 2.75) is 20.8 Å². The zero-order valence-corrected chi connectivity index (χ0v) is 16.6. The highest BCUT2D eigenvalue weighted by Gasteiger charge is 2.14. The van der Waals surface area contributed by atoms with Crippen LogP contribution >= 0.6 is 15.9 Å². The van der Waals surface area contributed by atoms with Gasteiger partial charge >= 0.3 is 0 Å². The van der Waals surface area contributed by atoms with E-state index in [1.165, 1.54) is 13.2 Å². The van der Waals surface area contributed by atoms with Gasteiger partial charge in [0.15, 0.2) is 11.5 Å². The minimum Gasteiger partial charge on any atom is -0.503 e. The van der Waals surface area contributed by atoms with Gasteiger partial charge in [-0.05, 0) is 71.6 Å². The Kier molecular flexibility index (Phi) is 6.06. The van der Waals surface area contributed by atoms with E-state index < -0.39 is 5.91 Å². The number of aryl methyl sites for hydroxylation is 3. The van der Waals surface area contributed by atoms with E-state index in [0.29, 0.717) is 15.7 Å². The largest absolute Gasteiger partial charge is 0.503 e. The highest BCUT2D eigenvalue weighted by Crippen LogP contribution is 2.35. The van der Waals surface area contributed by atoms with E-state index in [4.69, 9.17) is 4.74 Å². The monoisotopic (exact) mass is 414 g/mol. The minimum absolute atomic E-state index is 0.0430. The lowest BCUT2D eigenvalue weighted by molar-refractivity contribution is -0.112. The molecular weight excluding hydrogens is 396 g/mol. The Balaban J connectivity index is 2.37. The van der Waals surface area contributed by atoms with Crippen LogP contribution in [0.3, 0.4) is 0 Å². The van der Waals surface area contributed by atoms with E-state index in [1.807, 2.05) is 39.0 Å². The molecule has 0 aliphatic heterocycles. The fourth-order valence-corrected chi connectivity index (χ4v) is 3.17. The lowest BCUT2D eigenvalue weighted by Gasteiger charge is -2.12. The lowest BCUT2D eigenvalue weighted by Crippen LogP contribution is -2.15. The zero-order valence-electron chi connectivity index (χ0n) is 15.0. The summed E-state index contributed by atoms with van der Waals surface area (Å²) in [4.78, 5) is 12.5. The number of phenolic OH excluding ortho intramolecular Hbond substituents is 1. The molecule has 0 atom stereocenters. The number of anilines is 1. The van der Waals surface area contributed by atoms with Crippen molar-refractivity contribution >= 4 is 33.6 Å². The van der Waals surface area contributed by atoms with Crippen LogP contribution in [0.15, 0.2) is 34.3 Å². The molecule has 0 aromatic heterocycles. The fourth-order valence-electron chi connectivity index (χ4n) is 2.71. The smallest absolute Gasteiger partial charge is 0.266 e. The summed E-state index contributed by atoms with van der Waals surface area (Å²) in [5.41, 5.74) is 4.17. The molecule has 0 aliphatic rings. The summed E-state index contributed by atoms with van der Waals surface area (Å²) >= 11 is 3.22. The van der Waals surface area contributed by atoms with Crippen LogP contribution in [-0.2, 0) is 4.79 Å². The Morgan fingerprint density at radius 3 is 2.38 bits per heavy atom. The molecule has 0 spiro atoms. The van der Waals surface area contributed by atoms with E-state index in [0.717, 1.165) is 16.7 Å². The van der Waals surface area contributed by atoms with Gasteiger partial charge in [-0.1, -0.05) is 17.7 Å². The van der Waals surface area contributed by atoms with Crippen molar-refractivity contribution in [3.8, 4) is 17.6 Å². The quantitative estimate of drug-likeness (QED) is 0.563. The lowest BCUT2D eigenvalue weighted by atomic mass is 10.0. The van der Waals surface area contributed by atoms with Crippen LogP contribution in [0.1, 0.15) is 22.3 Å². The number of carbonyl (C=O) groups is 1. The number of benzene rings is 2. The molecule has 6 heteroatoms. The maximum atomic E-state index is 12.5. The molecule has 134 valence electrons. The number of hydrogen-bond donors (Lipinski definition) is 2. The van der Waals surface area contributed by atoms with Gasteiger partial charge in [-0.3, -0.25) is 4.79 Å². The summed E-state index contributed by atoms with van der Waals surface area (Å²) in [5.74, 6) is -0.294. The number of carbonyl (C=O) groups excluding carboxylic acids is 1. The molecule has 0 unspecified atom stereocenters. The molecule has 2 aromatic rings. The molecular formula is C20H19BrN2O3. The standard InChI is InChI=1S/C20H19BrN2O3/c1-11-5-12(2)18(13(3)6-11)23-20(25)15(10-22)7-14-8-16(21)19(24)17(9-14)26-4/h5-9,24H,1-4H3,(H,23,25)/b15-7-. The fraction of sp³-hybridized carbons (Fsp3) is 0.200. The van der Waals surface area contributed by atoms with Gasteiger partial charge in [0.05, 0.1) is 11.6 Å². The minimum atomic E-state index is -0.495. The summed E-state index contributed by atoms with van der Waals surface area (Å²) in [5, 5.41) is 22.1. The molecule has 0 fully saturated rings. The summed E-state index contributed by atoms with van der Waals surface area (Å²) in [6.07, 6.45) is 1.45. The van der Waals surface area contributed by atoms with E-state index in [1.54, 1.807) is 12.1 Å². The number of nitrogens with zero attached hydrogens (tertiary/aromatic N) is 1. The Hall–Kier alpha value is -2.78. The van der Waals surface area contributed by atoms with E-state index in [9.17, 15) is 15.2 Å². The summed E-state index contributed by atoms with van der Waals surface area (Å²) < 4.78 is 5.50. The molecule has 5 nitrogen and oxygen atoms in total. The second-order valence-electron chi connectivity index (χ2n) is 5.95. The third kappa shape index (κ3) is 4.24. The Morgan fingerprint density at radius 2 is 1.85 bits per heavy atom. The molecule has 0 saturated heterocycles. The van der Waals surface area contributed by atoms with Gasteiger partial charge in [-0.2, -0.15) is 5.26 Å². The van der Waals surface area contributed by atoms with Gasteiger partial charge in [0.2, 0.25) is 0 Å². The van der Waals surface area contributed by atoms with Crippen LogP contribution in [0.4, 0.5) is 5.69 Å². The van der Waals surface area contributed by atoms with Gasteiger partial charge in [-0.25, -0.2) is 0 Å². The molecule has 2 aromatic carbocycles. The van der Waals surface area contributed by atoms with Gasteiger partial charge in [0, 0.05) is 5.69 Å². The topological polar surface area (TPSA) is 82.3 Å². The molecule has 0 aliphatic carbocycles. The van der Waals surface area contributed by atoms with Crippen LogP contribution < -0.4 is 10.1 Å². The van der Waals surface area contributed by atoms with Gasteiger partial charge in [0.25, 0.3) is 5.91 Å². The Bertz CT molecular complexity index is 920. The number of nitrogens with one attached hydrogen (secondary N) is 1. The number of hydrogen-bond acceptors (Lipinski definition) is 4. The normalized spacial score (nSPS) is 11.0. The predicted octanol–water partition coefficient (Wildman–Crippen LogP) is 4.63. The molecule has 2 rings (SSSR count). The second kappa shape index (κ2) is 8.07. The van der Waals surface area contributed by atoms with E-state index in [-0.39, 0.29) is 17.1 Å². The Labute approximate surface area is 161 Å². The number of phenols is 1. The molecule has 0 bridgehead atoms. The summed E-state index contributed by atoms with van der Waals surface area (Å²) in [7, 11) is 1.43. The maximum Gasteiger partial charge on any atom is 0.266 e.